The van der Waals surface area contributed by atoms with Gasteiger partial charge < -0.3 is 5.32 Å². The molecule has 5 aromatic rings. The maximum atomic E-state index is 4.68. The average Bonchev–Trinajstić information content (AvgIpc) is 3.20. The molecule has 5 aromatic heterocycles. The van der Waals surface area contributed by atoms with Crippen molar-refractivity contribution in [3.05, 3.63) is 84.3 Å². The van der Waals surface area contributed by atoms with Gasteiger partial charge in [-0.15, -0.1) is 0 Å². The van der Waals surface area contributed by atoms with Gasteiger partial charge in [0.05, 0.1) is 36.0 Å². The first-order valence-corrected chi connectivity index (χ1v) is 9.91. The molecule has 0 amide bonds. The summed E-state index contributed by atoms with van der Waals surface area (Å²) >= 11 is 0. The zero-order chi connectivity index (χ0) is 21.2. The van der Waals surface area contributed by atoms with E-state index in [1.807, 2.05) is 43.6 Å². The Morgan fingerprint density at radius 1 is 0.806 bits per heavy atom. The average molecular weight is 408 g/mol. The van der Waals surface area contributed by atoms with Gasteiger partial charge in [0.1, 0.15) is 0 Å². The largest absolute Gasteiger partial charge is 0.350 e. The van der Waals surface area contributed by atoms with E-state index in [2.05, 4.69) is 48.6 Å². The van der Waals surface area contributed by atoms with Crippen molar-refractivity contribution >= 4 is 11.5 Å². The minimum atomic E-state index is 0.598. The van der Waals surface area contributed by atoms with Crippen LogP contribution in [0.15, 0.2) is 67.5 Å². The summed E-state index contributed by atoms with van der Waals surface area (Å²) in [6, 6.07) is 10.1. The Labute approximate surface area is 179 Å². The molecule has 0 fully saturated rings. The number of aryl methyl sites for hydroxylation is 2. The second kappa shape index (κ2) is 7.91. The number of nitrogens with zero attached hydrogens (tertiary/aromatic N) is 7. The molecule has 31 heavy (non-hydrogen) atoms. The van der Waals surface area contributed by atoms with Crippen LogP contribution in [0.2, 0.25) is 0 Å². The van der Waals surface area contributed by atoms with Crippen LogP contribution in [0.3, 0.4) is 0 Å². The number of rotatable bonds is 5. The molecular weight excluding hydrogens is 388 g/mol. The Hall–Kier alpha value is -4.20. The van der Waals surface area contributed by atoms with E-state index in [9.17, 15) is 0 Å². The van der Waals surface area contributed by atoms with Crippen molar-refractivity contribution in [1.29, 1.82) is 0 Å². The van der Waals surface area contributed by atoms with Crippen molar-refractivity contribution < 1.29 is 0 Å². The lowest BCUT2D eigenvalue weighted by atomic mass is 10.1. The van der Waals surface area contributed by atoms with Crippen LogP contribution < -0.4 is 5.32 Å². The molecule has 0 radical (unpaired) electrons. The third-order valence-electron chi connectivity index (χ3n) is 5.05. The maximum absolute atomic E-state index is 4.68. The van der Waals surface area contributed by atoms with Crippen LogP contribution in [-0.2, 0) is 6.54 Å². The molecule has 8 heteroatoms. The van der Waals surface area contributed by atoms with E-state index in [-0.39, 0.29) is 0 Å². The first-order chi connectivity index (χ1) is 15.2. The molecule has 5 heterocycles. The van der Waals surface area contributed by atoms with Gasteiger partial charge in [-0.2, -0.15) is 19.8 Å². The first-order valence-electron chi connectivity index (χ1n) is 9.91. The molecule has 0 atom stereocenters. The lowest BCUT2D eigenvalue weighted by molar-refractivity contribution is 0.911. The molecule has 152 valence electrons. The summed E-state index contributed by atoms with van der Waals surface area (Å²) in [7, 11) is 0. The standard InChI is InChI=1S/C23H20N8/c1-15-7-17(10-25-22(15)18-3-5-24-16(2)8-18)11-26-23-27-14-21-9-20(13-30-31(21)23)19-4-6-28-29-12-19/h3-10,12-14H,11H2,1-2H3,(H,26,27). The predicted molar refractivity (Wildman–Crippen MR) is 118 cm³/mol. The molecule has 0 aromatic carbocycles. The number of aromatic nitrogens is 7. The van der Waals surface area contributed by atoms with Crippen molar-refractivity contribution in [2.24, 2.45) is 0 Å². The highest BCUT2D eigenvalue weighted by Gasteiger charge is 2.09. The molecule has 1 N–H and O–H groups in total. The van der Waals surface area contributed by atoms with Crippen LogP contribution >= 0.6 is 0 Å². The Balaban J connectivity index is 1.34. The third-order valence-corrected chi connectivity index (χ3v) is 5.05. The second-order valence-corrected chi connectivity index (χ2v) is 7.34. The van der Waals surface area contributed by atoms with Crippen LogP contribution in [0, 0.1) is 13.8 Å². The molecule has 8 nitrogen and oxygen atoms in total. The third kappa shape index (κ3) is 3.83. The van der Waals surface area contributed by atoms with E-state index in [4.69, 9.17) is 0 Å². The number of hydrogen-bond donors (Lipinski definition) is 1. The maximum Gasteiger partial charge on any atom is 0.224 e. The zero-order valence-electron chi connectivity index (χ0n) is 17.2. The van der Waals surface area contributed by atoms with E-state index in [1.165, 1.54) is 0 Å². The van der Waals surface area contributed by atoms with Crippen molar-refractivity contribution in [3.63, 3.8) is 0 Å². The fourth-order valence-corrected chi connectivity index (χ4v) is 3.54. The summed E-state index contributed by atoms with van der Waals surface area (Å²) in [6.45, 7) is 4.65. The minimum absolute atomic E-state index is 0.598. The molecule has 5 rings (SSSR count). The normalized spacial score (nSPS) is 11.0. The number of fused-ring (bicyclic) bond motifs is 1. The molecule has 0 unspecified atom stereocenters. The van der Waals surface area contributed by atoms with Crippen LogP contribution in [-0.4, -0.2) is 34.8 Å². The lowest BCUT2D eigenvalue weighted by Crippen LogP contribution is -2.06. The van der Waals surface area contributed by atoms with E-state index < -0.39 is 0 Å². The monoisotopic (exact) mass is 408 g/mol. The van der Waals surface area contributed by atoms with Gasteiger partial charge in [0.25, 0.3) is 0 Å². The fraction of sp³-hybridized carbons (Fsp3) is 0.130. The van der Waals surface area contributed by atoms with E-state index in [0.717, 1.165) is 44.7 Å². The predicted octanol–water partition coefficient (Wildman–Crippen LogP) is 3.87. The topological polar surface area (TPSA) is 93.8 Å². The second-order valence-electron chi connectivity index (χ2n) is 7.34. The Kier molecular flexibility index (Phi) is 4.80. The summed E-state index contributed by atoms with van der Waals surface area (Å²) in [4.78, 5) is 13.4. The summed E-state index contributed by atoms with van der Waals surface area (Å²) in [5.74, 6) is 0.681. The number of pyridine rings is 2. The Morgan fingerprint density at radius 2 is 1.71 bits per heavy atom. The molecule has 0 aliphatic heterocycles. The number of hydrogen-bond acceptors (Lipinski definition) is 7. The van der Waals surface area contributed by atoms with Gasteiger partial charge in [0.2, 0.25) is 5.95 Å². The summed E-state index contributed by atoms with van der Waals surface area (Å²) in [6.07, 6.45) is 10.7. The molecule has 0 spiro atoms. The van der Waals surface area contributed by atoms with Crippen molar-refractivity contribution in [3.8, 4) is 22.4 Å². The Bertz CT molecular complexity index is 1360. The van der Waals surface area contributed by atoms with Crippen molar-refractivity contribution in [2.45, 2.75) is 20.4 Å². The van der Waals surface area contributed by atoms with Gasteiger partial charge in [0.15, 0.2) is 0 Å². The summed E-state index contributed by atoms with van der Waals surface area (Å²) in [5, 5.41) is 15.6. The van der Waals surface area contributed by atoms with E-state index in [1.54, 1.807) is 29.3 Å². The number of anilines is 1. The van der Waals surface area contributed by atoms with Crippen LogP contribution in [0.4, 0.5) is 5.95 Å². The molecular formula is C23H20N8. The molecule has 0 saturated heterocycles. The van der Waals surface area contributed by atoms with Crippen LogP contribution in [0.5, 0.6) is 0 Å². The highest BCUT2D eigenvalue weighted by Crippen LogP contribution is 2.23. The van der Waals surface area contributed by atoms with Gasteiger partial charge in [0, 0.05) is 41.3 Å². The number of nitrogens with one attached hydrogen (secondary N) is 1. The quantitative estimate of drug-likeness (QED) is 0.472. The van der Waals surface area contributed by atoms with Gasteiger partial charge in [-0.05, 0) is 49.2 Å². The van der Waals surface area contributed by atoms with Gasteiger partial charge in [-0.25, -0.2) is 4.98 Å². The molecule has 0 aliphatic carbocycles. The first kappa shape index (κ1) is 18.8. The SMILES string of the molecule is Cc1cc(-c2ncc(CNc3ncc4cc(-c5ccnnc5)cnn34)cc2C)ccn1. The van der Waals surface area contributed by atoms with Crippen LogP contribution in [0.1, 0.15) is 16.8 Å². The fourth-order valence-electron chi connectivity index (χ4n) is 3.54. The van der Waals surface area contributed by atoms with E-state index in [0.29, 0.717) is 12.5 Å². The van der Waals surface area contributed by atoms with Gasteiger partial charge >= 0.3 is 0 Å². The van der Waals surface area contributed by atoms with Crippen molar-refractivity contribution in [1.82, 2.24) is 34.8 Å². The molecule has 0 bridgehead atoms. The Morgan fingerprint density at radius 3 is 2.52 bits per heavy atom. The highest BCUT2D eigenvalue weighted by atomic mass is 15.3. The smallest absolute Gasteiger partial charge is 0.224 e. The lowest BCUT2D eigenvalue weighted by Gasteiger charge is -2.09. The minimum Gasteiger partial charge on any atom is -0.350 e. The van der Waals surface area contributed by atoms with Gasteiger partial charge in [-0.3, -0.25) is 9.97 Å². The summed E-state index contributed by atoms with van der Waals surface area (Å²) in [5.41, 5.74) is 8.05. The highest BCUT2D eigenvalue weighted by molar-refractivity contribution is 5.67. The molecule has 0 aliphatic rings. The van der Waals surface area contributed by atoms with E-state index >= 15 is 0 Å². The molecule has 0 saturated carbocycles. The van der Waals surface area contributed by atoms with Crippen molar-refractivity contribution in [2.75, 3.05) is 5.32 Å². The zero-order valence-corrected chi connectivity index (χ0v) is 17.2. The van der Waals surface area contributed by atoms with Gasteiger partial charge in [-0.1, -0.05) is 6.07 Å². The number of imidazole rings is 1. The summed E-state index contributed by atoms with van der Waals surface area (Å²) < 4.78 is 1.78. The van der Waals surface area contributed by atoms with Crippen LogP contribution in [0.25, 0.3) is 27.9 Å².